The van der Waals surface area contributed by atoms with Crippen molar-refractivity contribution in [1.29, 1.82) is 0 Å². The molecule has 0 saturated carbocycles. The number of methoxy groups -OCH3 is 1. The molecule has 2 N–H and O–H groups in total. The van der Waals surface area contributed by atoms with Crippen molar-refractivity contribution < 1.29 is 14.3 Å². The summed E-state index contributed by atoms with van der Waals surface area (Å²) in [6.07, 6.45) is 3.85. The van der Waals surface area contributed by atoms with Gasteiger partial charge in [-0.1, -0.05) is 19.1 Å². The molecule has 5 nitrogen and oxygen atoms in total. The van der Waals surface area contributed by atoms with Crippen LogP contribution in [0.2, 0.25) is 0 Å². The molecule has 1 aliphatic rings. The molecule has 1 amide bonds. The number of carbonyl (C=O) groups excluding carboxylic acids is 1. The molecule has 0 radical (unpaired) electrons. The number of benzene rings is 1. The second kappa shape index (κ2) is 13.0. The zero-order chi connectivity index (χ0) is 17.9. The Bertz CT molecular complexity index is 504. The Morgan fingerprint density at radius 1 is 1.27 bits per heavy atom. The predicted octanol–water partition coefficient (Wildman–Crippen LogP) is 3.17. The van der Waals surface area contributed by atoms with Gasteiger partial charge >= 0.3 is 0 Å². The van der Waals surface area contributed by atoms with E-state index in [0.717, 1.165) is 30.8 Å². The van der Waals surface area contributed by atoms with Crippen LogP contribution in [-0.4, -0.2) is 39.3 Å². The Morgan fingerprint density at radius 3 is 2.62 bits per heavy atom. The molecular weight excluding hydrogens is 352 g/mol. The van der Waals surface area contributed by atoms with Crippen LogP contribution in [0.15, 0.2) is 24.3 Å². The van der Waals surface area contributed by atoms with E-state index in [1.165, 1.54) is 12.8 Å². The fourth-order valence-electron chi connectivity index (χ4n) is 3.26. The summed E-state index contributed by atoms with van der Waals surface area (Å²) < 4.78 is 10.8. The number of hydrogen-bond donors (Lipinski definition) is 2. The average Bonchev–Trinajstić information content (AvgIpc) is 2.65. The molecular formula is C20H33ClN2O3. The van der Waals surface area contributed by atoms with Gasteiger partial charge in [0.1, 0.15) is 5.75 Å². The van der Waals surface area contributed by atoms with Crippen LogP contribution in [0.25, 0.3) is 0 Å². The summed E-state index contributed by atoms with van der Waals surface area (Å²) in [6, 6.07) is 7.87. The van der Waals surface area contributed by atoms with Crippen molar-refractivity contribution in [2.24, 2.45) is 11.8 Å². The molecule has 1 unspecified atom stereocenters. The van der Waals surface area contributed by atoms with Gasteiger partial charge in [-0.25, -0.2) is 0 Å². The quantitative estimate of drug-likeness (QED) is 0.608. The monoisotopic (exact) mass is 384 g/mol. The van der Waals surface area contributed by atoms with Gasteiger partial charge in [0, 0.05) is 19.6 Å². The van der Waals surface area contributed by atoms with Gasteiger partial charge in [0.25, 0.3) is 0 Å². The van der Waals surface area contributed by atoms with Gasteiger partial charge < -0.3 is 20.1 Å². The summed E-state index contributed by atoms with van der Waals surface area (Å²) in [5, 5.41) is 6.39. The van der Waals surface area contributed by atoms with Crippen molar-refractivity contribution >= 4 is 18.3 Å². The normalized spacial score (nSPS) is 15.8. The average molecular weight is 385 g/mol. The van der Waals surface area contributed by atoms with Gasteiger partial charge in [0.2, 0.25) is 5.91 Å². The van der Waals surface area contributed by atoms with Crippen LogP contribution < -0.4 is 15.4 Å². The molecule has 2 rings (SSSR count). The third-order valence-electron chi connectivity index (χ3n) is 4.91. The number of halogens is 1. The van der Waals surface area contributed by atoms with Crippen molar-refractivity contribution in [3.8, 4) is 5.75 Å². The molecule has 1 saturated heterocycles. The van der Waals surface area contributed by atoms with Crippen LogP contribution in [0.1, 0.15) is 38.2 Å². The Labute approximate surface area is 163 Å². The SMILES string of the molecule is COc1ccc(COCCCNC(=O)CC(C)C2CCNCC2)cc1.Cl. The number of carbonyl (C=O) groups is 1. The number of piperidine rings is 1. The number of ether oxygens (including phenoxy) is 2. The van der Waals surface area contributed by atoms with Crippen LogP contribution in [0.4, 0.5) is 0 Å². The Morgan fingerprint density at radius 2 is 1.96 bits per heavy atom. The molecule has 1 aromatic rings. The molecule has 1 aromatic carbocycles. The summed E-state index contributed by atoms with van der Waals surface area (Å²) >= 11 is 0. The number of rotatable bonds is 10. The molecule has 0 aliphatic carbocycles. The van der Waals surface area contributed by atoms with Crippen LogP contribution in [0.3, 0.4) is 0 Å². The van der Waals surface area contributed by atoms with E-state index in [2.05, 4.69) is 17.6 Å². The van der Waals surface area contributed by atoms with E-state index >= 15 is 0 Å². The lowest BCUT2D eigenvalue weighted by Gasteiger charge is -2.27. The van der Waals surface area contributed by atoms with Crippen molar-refractivity contribution in [3.63, 3.8) is 0 Å². The van der Waals surface area contributed by atoms with Gasteiger partial charge in [0.15, 0.2) is 0 Å². The second-order valence-corrected chi connectivity index (χ2v) is 6.87. The first kappa shape index (κ1) is 22.7. The van der Waals surface area contributed by atoms with Crippen LogP contribution in [0.5, 0.6) is 5.75 Å². The zero-order valence-electron chi connectivity index (χ0n) is 16.0. The van der Waals surface area contributed by atoms with Gasteiger partial charge in [0.05, 0.1) is 13.7 Å². The maximum absolute atomic E-state index is 12.0. The largest absolute Gasteiger partial charge is 0.497 e. The summed E-state index contributed by atoms with van der Waals surface area (Å²) in [5.74, 6) is 2.17. The van der Waals surface area contributed by atoms with E-state index in [0.29, 0.717) is 38.0 Å². The summed E-state index contributed by atoms with van der Waals surface area (Å²) in [7, 11) is 1.66. The maximum atomic E-state index is 12.0. The van der Waals surface area contributed by atoms with Crippen molar-refractivity contribution in [1.82, 2.24) is 10.6 Å². The lowest BCUT2D eigenvalue weighted by molar-refractivity contribution is -0.122. The van der Waals surface area contributed by atoms with E-state index in [9.17, 15) is 4.79 Å². The molecule has 1 atom stereocenters. The summed E-state index contributed by atoms with van der Waals surface area (Å²) in [5.41, 5.74) is 1.13. The Hall–Kier alpha value is -1.30. The Balaban J connectivity index is 0.00000338. The molecule has 0 bridgehead atoms. The molecule has 1 aliphatic heterocycles. The highest BCUT2D eigenvalue weighted by Crippen LogP contribution is 2.24. The highest BCUT2D eigenvalue weighted by molar-refractivity contribution is 5.85. The predicted molar refractivity (Wildman–Crippen MR) is 107 cm³/mol. The van der Waals surface area contributed by atoms with Gasteiger partial charge in [-0.05, 0) is 61.9 Å². The highest BCUT2D eigenvalue weighted by atomic mass is 35.5. The number of amides is 1. The molecule has 0 spiro atoms. The van der Waals surface area contributed by atoms with Gasteiger partial charge in [-0.3, -0.25) is 4.79 Å². The van der Waals surface area contributed by atoms with E-state index in [4.69, 9.17) is 9.47 Å². The van der Waals surface area contributed by atoms with Crippen LogP contribution >= 0.6 is 12.4 Å². The van der Waals surface area contributed by atoms with E-state index in [-0.39, 0.29) is 18.3 Å². The first-order valence-corrected chi connectivity index (χ1v) is 9.37. The fraction of sp³-hybridized carbons (Fsp3) is 0.650. The molecule has 148 valence electrons. The summed E-state index contributed by atoms with van der Waals surface area (Å²) in [4.78, 5) is 12.0. The number of nitrogens with one attached hydrogen (secondary N) is 2. The molecule has 1 fully saturated rings. The topological polar surface area (TPSA) is 59.6 Å². The smallest absolute Gasteiger partial charge is 0.220 e. The van der Waals surface area contributed by atoms with E-state index < -0.39 is 0 Å². The second-order valence-electron chi connectivity index (χ2n) is 6.87. The van der Waals surface area contributed by atoms with Crippen molar-refractivity contribution in [3.05, 3.63) is 29.8 Å². The lowest BCUT2D eigenvalue weighted by atomic mass is 9.84. The standard InChI is InChI=1S/C20H32N2O3.ClH/c1-16(18-8-11-21-12-9-18)14-20(23)22-10-3-13-25-15-17-4-6-19(24-2)7-5-17;/h4-7,16,18,21H,3,8-15H2,1-2H3,(H,22,23);1H. The highest BCUT2D eigenvalue weighted by Gasteiger charge is 2.21. The Kier molecular flexibility index (Phi) is 11.3. The van der Waals surface area contributed by atoms with Crippen molar-refractivity contribution in [2.75, 3.05) is 33.4 Å². The van der Waals surface area contributed by atoms with Gasteiger partial charge in [-0.15, -0.1) is 12.4 Å². The zero-order valence-corrected chi connectivity index (χ0v) is 16.8. The van der Waals surface area contributed by atoms with Crippen LogP contribution in [-0.2, 0) is 16.1 Å². The van der Waals surface area contributed by atoms with Crippen LogP contribution in [0, 0.1) is 11.8 Å². The fourth-order valence-corrected chi connectivity index (χ4v) is 3.26. The van der Waals surface area contributed by atoms with E-state index in [1.54, 1.807) is 7.11 Å². The van der Waals surface area contributed by atoms with E-state index in [1.807, 2.05) is 24.3 Å². The number of hydrogen-bond acceptors (Lipinski definition) is 4. The third-order valence-corrected chi connectivity index (χ3v) is 4.91. The summed E-state index contributed by atoms with van der Waals surface area (Å²) in [6.45, 7) is 6.29. The molecule has 26 heavy (non-hydrogen) atoms. The minimum atomic E-state index is 0. The molecule has 1 heterocycles. The minimum absolute atomic E-state index is 0. The van der Waals surface area contributed by atoms with Gasteiger partial charge in [-0.2, -0.15) is 0 Å². The van der Waals surface area contributed by atoms with Crippen molar-refractivity contribution in [2.45, 2.75) is 39.2 Å². The third kappa shape index (κ3) is 8.39. The molecule has 6 heteroatoms. The first-order valence-electron chi connectivity index (χ1n) is 9.37. The first-order chi connectivity index (χ1) is 12.2. The maximum Gasteiger partial charge on any atom is 0.220 e. The lowest BCUT2D eigenvalue weighted by Crippen LogP contribution is -2.33. The minimum Gasteiger partial charge on any atom is -0.497 e. The molecule has 0 aromatic heterocycles.